The van der Waals surface area contributed by atoms with Gasteiger partial charge >= 0.3 is 0 Å². The maximum Gasteiger partial charge on any atom is 0.165 e. The van der Waals surface area contributed by atoms with E-state index >= 15 is 0 Å². The van der Waals surface area contributed by atoms with Crippen LogP contribution in [0.5, 0.6) is 11.5 Å². The van der Waals surface area contributed by atoms with Crippen molar-refractivity contribution in [1.29, 1.82) is 0 Å². The quantitative estimate of drug-likeness (QED) is 0.812. The molecule has 0 unspecified atom stereocenters. The molecule has 2 aromatic rings. The third-order valence-electron chi connectivity index (χ3n) is 2.00. The van der Waals surface area contributed by atoms with Gasteiger partial charge in [0.15, 0.2) is 5.75 Å². The van der Waals surface area contributed by atoms with Crippen molar-refractivity contribution in [3.05, 3.63) is 36.4 Å². The highest BCUT2D eigenvalue weighted by Gasteiger charge is 2.04. The lowest BCUT2D eigenvalue weighted by Gasteiger charge is -2.06. The summed E-state index contributed by atoms with van der Waals surface area (Å²) in [5, 5.41) is 4.01. The number of ether oxygens (including phenoxy) is 1. The Morgan fingerprint density at radius 3 is 3.00 bits per heavy atom. The van der Waals surface area contributed by atoms with Crippen LogP contribution in [0.25, 0.3) is 0 Å². The molecule has 0 bridgehead atoms. The molecule has 0 aliphatic carbocycles. The van der Waals surface area contributed by atoms with Gasteiger partial charge in [0, 0.05) is 25.4 Å². The minimum atomic E-state index is 0.429. The fraction of sp³-hybridized carbons (Fsp3) is 0.200. The van der Waals surface area contributed by atoms with Crippen LogP contribution < -0.4 is 10.5 Å². The van der Waals surface area contributed by atoms with Crippen molar-refractivity contribution >= 4 is 0 Å². The predicted molar refractivity (Wildman–Crippen MR) is 55.4 cm³/mol. The van der Waals surface area contributed by atoms with Crippen molar-refractivity contribution in [3.63, 3.8) is 0 Å². The summed E-state index contributed by atoms with van der Waals surface area (Å²) in [7, 11) is 1.83. The standard InChI is InChI=1S/C10H12N4O/c1-14-7-9(5-13-14)15-10-6-12-3-2-8(10)4-11/h2-3,5-7H,4,11H2,1H3. The molecule has 0 saturated carbocycles. The van der Waals surface area contributed by atoms with E-state index in [-0.39, 0.29) is 0 Å². The maximum absolute atomic E-state index is 5.60. The highest BCUT2D eigenvalue weighted by Crippen LogP contribution is 2.22. The van der Waals surface area contributed by atoms with E-state index in [0.717, 1.165) is 5.56 Å². The number of nitrogens with zero attached hydrogens (tertiary/aromatic N) is 3. The molecular weight excluding hydrogens is 192 g/mol. The fourth-order valence-corrected chi connectivity index (χ4v) is 1.25. The molecule has 2 aromatic heterocycles. The number of nitrogens with two attached hydrogens (primary N) is 1. The number of aryl methyl sites for hydroxylation is 1. The maximum atomic E-state index is 5.60. The zero-order chi connectivity index (χ0) is 10.7. The van der Waals surface area contributed by atoms with Gasteiger partial charge in [-0.1, -0.05) is 0 Å². The number of rotatable bonds is 3. The largest absolute Gasteiger partial charge is 0.452 e. The summed E-state index contributed by atoms with van der Waals surface area (Å²) in [6, 6.07) is 1.84. The molecule has 0 amide bonds. The van der Waals surface area contributed by atoms with Crippen LogP contribution in [0.3, 0.4) is 0 Å². The van der Waals surface area contributed by atoms with E-state index in [1.54, 1.807) is 29.5 Å². The molecule has 0 fully saturated rings. The molecule has 5 heteroatoms. The summed E-state index contributed by atoms with van der Waals surface area (Å²) in [5.74, 6) is 1.35. The lowest BCUT2D eigenvalue weighted by atomic mass is 10.2. The van der Waals surface area contributed by atoms with Gasteiger partial charge in [-0.05, 0) is 6.07 Å². The SMILES string of the molecule is Cn1cc(Oc2cnccc2CN)cn1. The lowest BCUT2D eigenvalue weighted by molar-refractivity contribution is 0.473. The Hall–Kier alpha value is -1.88. The van der Waals surface area contributed by atoms with E-state index in [9.17, 15) is 0 Å². The molecule has 2 heterocycles. The highest BCUT2D eigenvalue weighted by atomic mass is 16.5. The van der Waals surface area contributed by atoms with Crippen LogP contribution in [0.2, 0.25) is 0 Å². The van der Waals surface area contributed by atoms with Gasteiger partial charge in [0.2, 0.25) is 0 Å². The van der Waals surface area contributed by atoms with E-state index in [0.29, 0.717) is 18.0 Å². The first-order valence-corrected chi connectivity index (χ1v) is 4.59. The minimum absolute atomic E-state index is 0.429. The van der Waals surface area contributed by atoms with Gasteiger partial charge in [-0.3, -0.25) is 9.67 Å². The molecule has 2 N–H and O–H groups in total. The molecule has 0 spiro atoms. The van der Waals surface area contributed by atoms with Crippen molar-refractivity contribution < 1.29 is 4.74 Å². The molecular formula is C10H12N4O. The average Bonchev–Trinajstić information content (AvgIpc) is 2.65. The molecule has 0 radical (unpaired) electrons. The number of hydrogen-bond donors (Lipinski definition) is 1. The third kappa shape index (κ3) is 2.13. The van der Waals surface area contributed by atoms with Gasteiger partial charge in [0.05, 0.1) is 18.6 Å². The van der Waals surface area contributed by atoms with E-state index in [4.69, 9.17) is 10.5 Å². The van der Waals surface area contributed by atoms with Crippen molar-refractivity contribution in [3.8, 4) is 11.5 Å². The molecule has 2 rings (SSSR count). The van der Waals surface area contributed by atoms with Crippen LogP contribution >= 0.6 is 0 Å². The third-order valence-corrected chi connectivity index (χ3v) is 2.00. The smallest absolute Gasteiger partial charge is 0.165 e. The molecule has 0 aromatic carbocycles. The minimum Gasteiger partial charge on any atom is -0.452 e. The summed E-state index contributed by atoms with van der Waals surface area (Å²) in [6.07, 6.45) is 6.77. The van der Waals surface area contributed by atoms with Gasteiger partial charge in [-0.2, -0.15) is 5.10 Å². The number of aromatic nitrogens is 3. The average molecular weight is 204 g/mol. The lowest BCUT2D eigenvalue weighted by Crippen LogP contribution is -1.99. The Morgan fingerprint density at radius 2 is 2.33 bits per heavy atom. The van der Waals surface area contributed by atoms with Crippen molar-refractivity contribution in [2.75, 3.05) is 0 Å². The summed E-state index contributed by atoms with van der Waals surface area (Å²) < 4.78 is 7.27. The summed E-state index contributed by atoms with van der Waals surface area (Å²) in [5.41, 5.74) is 6.51. The topological polar surface area (TPSA) is 66.0 Å². The number of pyridine rings is 1. The second-order valence-electron chi connectivity index (χ2n) is 3.14. The van der Waals surface area contributed by atoms with E-state index in [1.807, 2.05) is 13.1 Å². The first kappa shape index (κ1) is 9.67. The Labute approximate surface area is 87.5 Å². The van der Waals surface area contributed by atoms with Gasteiger partial charge < -0.3 is 10.5 Å². The van der Waals surface area contributed by atoms with E-state index in [1.165, 1.54) is 0 Å². The Morgan fingerprint density at radius 1 is 1.47 bits per heavy atom. The Bertz CT molecular complexity index is 452. The van der Waals surface area contributed by atoms with Crippen molar-refractivity contribution in [2.45, 2.75) is 6.54 Å². The van der Waals surface area contributed by atoms with Crippen LogP contribution in [0.15, 0.2) is 30.9 Å². The van der Waals surface area contributed by atoms with Crippen LogP contribution in [-0.2, 0) is 13.6 Å². The molecule has 0 atom stereocenters. The van der Waals surface area contributed by atoms with Gasteiger partial charge in [0.1, 0.15) is 5.75 Å². The van der Waals surface area contributed by atoms with Gasteiger partial charge in [0.25, 0.3) is 0 Å². The predicted octanol–water partition coefficient (Wildman–Crippen LogP) is 1.07. The van der Waals surface area contributed by atoms with Gasteiger partial charge in [-0.25, -0.2) is 0 Å². The monoisotopic (exact) mass is 204 g/mol. The summed E-state index contributed by atoms with van der Waals surface area (Å²) >= 11 is 0. The second kappa shape index (κ2) is 4.10. The van der Waals surface area contributed by atoms with Crippen LogP contribution in [0, 0.1) is 0 Å². The van der Waals surface area contributed by atoms with E-state index < -0.39 is 0 Å². The molecule has 0 aliphatic rings. The first-order chi connectivity index (χ1) is 7.29. The van der Waals surface area contributed by atoms with Crippen LogP contribution in [0.4, 0.5) is 0 Å². The summed E-state index contributed by atoms with van der Waals surface area (Å²) in [6.45, 7) is 0.429. The fourth-order valence-electron chi connectivity index (χ4n) is 1.25. The molecule has 0 aliphatic heterocycles. The normalized spacial score (nSPS) is 10.3. The Kier molecular flexibility index (Phi) is 2.64. The number of hydrogen-bond acceptors (Lipinski definition) is 4. The zero-order valence-corrected chi connectivity index (χ0v) is 8.42. The van der Waals surface area contributed by atoms with Crippen molar-refractivity contribution in [2.24, 2.45) is 12.8 Å². The first-order valence-electron chi connectivity index (χ1n) is 4.59. The highest BCUT2D eigenvalue weighted by molar-refractivity contribution is 5.33. The Balaban J connectivity index is 2.23. The second-order valence-corrected chi connectivity index (χ2v) is 3.14. The molecule has 78 valence electrons. The van der Waals surface area contributed by atoms with Crippen LogP contribution in [-0.4, -0.2) is 14.8 Å². The van der Waals surface area contributed by atoms with Gasteiger partial charge in [-0.15, -0.1) is 0 Å². The van der Waals surface area contributed by atoms with Crippen LogP contribution in [0.1, 0.15) is 5.56 Å². The zero-order valence-electron chi connectivity index (χ0n) is 8.42. The molecule has 5 nitrogen and oxygen atoms in total. The molecule has 0 saturated heterocycles. The van der Waals surface area contributed by atoms with Crippen molar-refractivity contribution in [1.82, 2.24) is 14.8 Å². The summed E-state index contributed by atoms with van der Waals surface area (Å²) in [4.78, 5) is 3.99. The van der Waals surface area contributed by atoms with E-state index in [2.05, 4.69) is 10.1 Å². The molecule has 15 heavy (non-hydrogen) atoms.